The first-order valence-electron chi connectivity index (χ1n) is 9.36. The largest absolute Gasteiger partial charge is 0.391 e. The molecule has 2 fully saturated rings. The first kappa shape index (κ1) is 18.8. The minimum atomic E-state index is -0.544. The fourth-order valence-corrected chi connectivity index (χ4v) is 4.34. The molecule has 6 nitrogen and oxygen atoms in total. The van der Waals surface area contributed by atoms with Crippen molar-refractivity contribution >= 4 is 11.8 Å². The molecular weight excluding hydrogens is 330 g/mol. The molecule has 2 aliphatic heterocycles. The summed E-state index contributed by atoms with van der Waals surface area (Å²) in [5, 5.41) is 10.7. The van der Waals surface area contributed by atoms with Crippen LogP contribution in [0, 0.1) is 5.41 Å². The summed E-state index contributed by atoms with van der Waals surface area (Å²) in [5.74, 6) is 0.121. The average molecular weight is 359 g/mol. The number of hydrogen-bond acceptors (Lipinski definition) is 4. The summed E-state index contributed by atoms with van der Waals surface area (Å²) < 4.78 is 0. The third kappa shape index (κ3) is 3.61. The van der Waals surface area contributed by atoms with Gasteiger partial charge in [0.25, 0.3) is 0 Å². The molecular formula is C20H29N3O3. The number of aliphatic hydroxyl groups is 1. The van der Waals surface area contributed by atoms with Gasteiger partial charge in [-0.2, -0.15) is 0 Å². The van der Waals surface area contributed by atoms with Crippen LogP contribution in [0.5, 0.6) is 0 Å². The van der Waals surface area contributed by atoms with Gasteiger partial charge in [-0.1, -0.05) is 6.07 Å². The van der Waals surface area contributed by atoms with Gasteiger partial charge in [0.2, 0.25) is 11.8 Å². The second-order valence-corrected chi connectivity index (χ2v) is 8.40. The molecule has 1 aromatic rings. The van der Waals surface area contributed by atoms with E-state index in [-0.39, 0.29) is 17.2 Å². The van der Waals surface area contributed by atoms with E-state index in [4.69, 9.17) is 0 Å². The fraction of sp³-hybridized carbons (Fsp3) is 0.650. The number of carbonyl (C=O) groups is 2. The predicted molar refractivity (Wildman–Crippen MR) is 98.3 cm³/mol. The van der Waals surface area contributed by atoms with E-state index in [1.165, 1.54) is 0 Å². The van der Waals surface area contributed by atoms with Gasteiger partial charge in [-0.05, 0) is 50.2 Å². The van der Waals surface area contributed by atoms with Gasteiger partial charge >= 0.3 is 0 Å². The van der Waals surface area contributed by atoms with Gasteiger partial charge in [0.1, 0.15) is 0 Å². The number of nitrogens with zero attached hydrogens (tertiary/aromatic N) is 3. The van der Waals surface area contributed by atoms with Crippen LogP contribution < -0.4 is 0 Å². The number of piperidine rings is 2. The van der Waals surface area contributed by atoms with Crippen molar-refractivity contribution in [3.63, 3.8) is 0 Å². The zero-order chi connectivity index (χ0) is 18.9. The van der Waals surface area contributed by atoms with Gasteiger partial charge in [-0.3, -0.25) is 14.6 Å². The molecule has 1 spiro atoms. The summed E-state index contributed by atoms with van der Waals surface area (Å²) in [6.07, 6.45) is 5.59. The van der Waals surface area contributed by atoms with E-state index < -0.39 is 11.6 Å². The van der Waals surface area contributed by atoms with E-state index in [0.29, 0.717) is 32.5 Å². The standard InChI is InChI=1S/C20H29N3O3/c1-15(24)23-14-20(12-17(25)19(23,2)3)6-9-22(10-7-20)18(26)11-16-5-4-8-21-13-16/h4-5,8,13,17,25H,6-7,9-12,14H2,1-3H3/t17-/m0/s1. The maximum atomic E-state index is 12.6. The SMILES string of the molecule is CC(=O)N1CC2(CCN(C(=O)Cc3cccnc3)CC2)C[C@H](O)C1(C)C. The Balaban J connectivity index is 1.64. The van der Waals surface area contributed by atoms with Crippen molar-refractivity contribution in [3.05, 3.63) is 30.1 Å². The number of amides is 2. The van der Waals surface area contributed by atoms with Crippen molar-refractivity contribution < 1.29 is 14.7 Å². The molecule has 3 heterocycles. The highest BCUT2D eigenvalue weighted by molar-refractivity contribution is 5.78. The lowest BCUT2D eigenvalue weighted by Crippen LogP contribution is -2.64. The molecule has 142 valence electrons. The van der Waals surface area contributed by atoms with Crippen LogP contribution in [0.1, 0.15) is 45.6 Å². The minimum absolute atomic E-state index is 0.00297. The Kier molecular flexibility index (Phi) is 5.06. The smallest absolute Gasteiger partial charge is 0.227 e. The number of aromatic nitrogens is 1. The number of aliphatic hydroxyl groups excluding tert-OH is 1. The van der Waals surface area contributed by atoms with E-state index >= 15 is 0 Å². The lowest BCUT2D eigenvalue weighted by Gasteiger charge is -2.55. The molecule has 0 aliphatic carbocycles. The van der Waals surface area contributed by atoms with Crippen LogP contribution in [0.2, 0.25) is 0 Å². The summed E-state index contributed by atoms with van der Waals surface area (Å²) in [7, 11) is 0. The number of rotatable bonds is 2. The molecule has 0 radical (unpaired) electrons. The molecule has 3 rings (SSSR count). The highest BCUT2D eigenvalue weighted by atomic mass is 16.3. The summed E-state index contributed by atoms with van der Waals surface area (Å²) >= 11 is 0. The average Bonchev–Trinajstić information content (AvgIpc) is 2.60. The van der Waals surface area contributed by atoms with Crippen LogP contribution in [-0.2, 0) is 16.0 Å². The van der Waals surface area contributed by atoms with Crippen molar-refractivity contribution in [1.29, 1.82) is 0 Å². The van der Waals surface area contributed by atoms with E-state index in [1.54, 1.807) is 19.3 Å². The Hall–Kier alpha value is -1.95. The van der Waals surface area contributed by atoms with Crippen LogP contribution in [0.3, 0.4) is 0 Å². The monoisotopic (exact) mass is 359 g/mol. The molecule has 26 heavy (non-hydrogen) atoms. The topological polar surface area (TPSA) is 73.7 Å². The van der Waals surface area contributed by atoms with Crippen molar-refractivity contribution in [3.8, 4) is 0 Å². The first-order chi connectivity index (χ1) is 12.2. The highest BCUT2D eigenvalue weighted by Gasteiger charge is 2.50. The quantitative estimate of drug-likeness (QED) is 0.871. The third-order valence-electron chi connectivity index (χ3n) is 6.27. The van der Waals surface area contributed by atoms with Crippen LogP contribution >= 0.6 is 0 Å². The van der Waals surface area contributed by atoms with E-state index in [9.17, 15) is 14.7 Å². The number of pyridine rings is 1. The van der Waals surface area contributed by atoms with E-state index in [2.05, 4.69) is 4.98 Å². The number of likely N-dealkylation sites (tertiary alicyclic amines) is 2. The summed E-state index contributed by atoms with van der Waals surface area (Å²) in [5.41, 5.74) is 0.297. The third-order valence-corrected chi connectivity index (χ3v) is 6.27. The van der Waals surface area contributed by atoms with Crippen LogP contribution in [0.4, 0.5) is 0 Å². The molecule has 0 unspecified atom stereocenters. The Bertz CT molecular complexity index is 666. The van der Waals surface area contributed by atoms with Gasteiger partial charge in [0, 0.05) is 39.0 Å². The predicted octanol–water partition coefficient (Wildman–Crippen LogP) is 1.62. The van der Waals surface area contributed by atoms with Gasteiger partial charge in [-0.25, -0.2) is 0 Å². The first-order valence-corrected chi connectivity index (χ1v) is 9.36. The van der Waals surface area contributed by atoms with Gasteiger partial charge in [0.05, 0.1) is 18.1 Å². The minimum Gasteiger partial charge on any atom is -0.391 e. The highest BCUT2D eigenvalue weighted by Crippen LogP contribution is 2.45. The maximum absolute atomic E-state index is 12.6. The summed E-state index contributed by atoms with van der Waals surface area (Å²) in [4.78, 5) is 32.4. The van der Waals surface area contributed by atoms with Crippen LogP contribution in [0.15, 0.2) is 24.5 Å². The molecule has 0 saturated carbocycles. The van der Waals surface area contributed by atoms with Crippen LogP contribution in [-0.4, -0.2) is 63.0 Å². The molecule has 2 amide bonds. The van der Waals surface area contributed by atoms with E-state index in [0.717, 1.165) is 18.4 Å². The molecule has 1 aromatic heterocycles. The molecule has 6 heteroatoms. The molecule has 1 N–H and O–H groups in total. The van der Waals surface area contributed by atoms with E-state index in [1.807, 2.05) is 35.8 Å². The Morgan fingerprint density at radius 3 is 2.58 bits per heavy atom. The van der Waals surface area contributed by atoms with Crippen molar-refractivity contribution in [2.24, 2.45) is 5.41 Å². The van der Waals surface area contributed by atoms with Crippen molar-refractivity contribution in [2.45, 2.75) is 58.1 Å². The van der Waals surface area contributed by atoms with Crippen LogP contribution in [0.25, 0.3) is 0 Å². The molecule has 1 atom stereocenters. The zero-order valence-corrected chi connectivity index (χ0v) is 15.9. The van der Waals surface area contributed by atoms with Crippen molar-refractivity contribution in [2.75, 3.05) is 19.6 Å². The molecule has 0 aromatic carbocycles. The second kappa shape index (κ2) is 6.99. The van der Waals surface area contributed by atoms with Gasteiger partial charge in [0.15, 0.2) is 0 Å². The van der Waals surface area contributed by atoms with Gasteiger partial charge in [-0.15, -0.1) is 0 Å². The fourth-order valence-electron chi connectivity index (χ4n) is 4.34. The lowest BCUT2D eigenvalue weighted by molar-refractivity contribution is -0.159. The lowest BCUT2D eigenvalue weighted by atomic mass is 9.67. The van der Waals surface area contributed by atoms with Gasteiger partial charge < -0.3 is 14.9 Å². The Morgan fingerprint density at radius 2 is 2.00 bits per heavy atom. The Labute approximate surface area is 155 Å². The second-order valence-electron chi connectivity index (χ2n) is 8.40. The molecule has 2 aliphatic rings. The molecule has 0 bridgehead atoms. The number of hydrogen-bond donors (Lipinski definition) is 1. The summed E-state index contributed by atoms with van der Waals surface area (Å²) in [6.45, 7) is 7.45. The normalized spacial score (nSPS) is 24.5. The number of carbonyl (C=O) groups excluding carboxylic acids is 2. The van der Waals surface area contributed by atoms with Crippen molar-refractivity contribution in [1.82, 2.24) is 14.8 Å². The zero-order valence-electron chi connectivity index (χ0n) is 15.9. The molecule has 2 saturated heterocycles. The summed E-state index contributed by atoms with van der Waals surface area (Å²) in [6, 6.07) is 3.76. The Morgan fingerprint density at radius 1 is 1.31 bits per heavy atom. The maximum Gasteiger partial charge on any atom is 0.227 e.